The van der Waals surface area contributed by atoms with E-state index in [9.17, 15) is 8.42 Å². The number of nitrogens with one attached hydrogen (secondary N) is 2. The molecule has 96 valence electrons. The summed E-state index contributed by atoms with van der Waals surface area (Å²) in [5.74, 6) is 0.465. The van der Waals surface area contributed by atoms with E-state index in [-0.39, 0.29) is 5.75 Å². The second kappa shape index (κ2) is 6.02. The zero-order valence-corrected chi connectivity index (χ0v) is 11.3. The summed E-state index contributed by atoms with van der Waals surface area (Å²) in [6.07, 6.45) is 0. The lowest BCUT2D eigenvalue weighted by Crippen LogP contribution is -2.24. The van der Waals surface area contributed by atoms with Gasteiger partial charge in [0.05, 0.1) is 5.75 Å². The highest BCUT2D eigenvalue weighted by atomic mass is 32.2. The van der Waals surface area contributed by atoms with E-state index in [1.54, 1.807) is 13.1 Å². The van der Waals surface area contributed by atoms with Gasteiger partial charge in [-0.3, -0.25) is 4.72 Å². The first-order valence-corrected chi connectivity index (χ1v) is 7.35. The summed E-state index contributed by atoms with van der Waals surface area (Å²) in [7, 11) is -1.52. The number of anilines is 1. The molecule has 1 aromatic carbocycles. The van der Waals surface area contributed by atoms with E-state index >= 15 is 0 Å². The van der Waals surface area contributed by atoms with Crippen LogP contribution in [0.25, 0.3) is 0 Å². The SMILES string of the molecule is CNCCS(=O)(=O)Nc1cccc(C(C)C)c1. The molecule has 0 saturated carbocycles. The molecule has 0 radical (unpaired) electrons. The van der Waals surface area contributed by atoms with Gasteiger partial charge < -0.3 is 5.32 Å². The summed E-state index contributed by atoms with van der Waals surface area (Å²) >= 11 is 0. The van der Waals surface area contributed by atoms with Crippen molar-refractivity contribution in [2.45, 2.75) is 19.8 Å². The van der Waals surface area contributed by atoms with E-state index in [1.165, 1.54) is 0 Å². The van der Waals surface area contributed by atoms with Crippen LogP contribution in [0.3, 0.4) is 0 Å². The fourth-order valence-electron chi connectivity index (χ4n) is 1.43. The first-order chi connectivity index (χ1) is 7.94. The lowest BCUT2D eigenvalue weighted by molar-refractivity contribution is 0.598. The predicted molar refractivity (Wildman–Crippen MR) is 71.9 cm³/mol. The average molecular weight is 256 g/mol. The van der Waals surface area contributed by atoms with Crippen LogP contribution in [-0.2, 0) is 10.0 Å². The lowest BCUT2D eigenvalue weighted by Gasteiger charge is -2.10. The zero-order valence-electron chi connectivity index (χ0n) is 10.5. The molecule has 5 heteroatoms. The Kier molecular flexibility index (Phi) is 4.96. The minimum absolute atomic E-state index is 0.0788. The van der Waals surface area contributed by atoms with Gasteiger partial charge in [-0.05, 0) is 30.7 Å². The van der Waals surface area contributed by atoms with Crippen molar-refractivity contribution >= 4 is 15.7 Å². The summed E-state index contributed by atoms with van der Waals surface area (Å²) < 4.78 is 26.0. The molecular formula is C12H20N2O2S. The summed E-state index contributed by atoms with van der Waals surface area (Å²) in [6.45, 7) is 4.60. The first kappa shape index (κ1) is 14.0. The molecule has 0 aliphatic heterocycles. The van der Waals surface area contributed by atoms with Crippen LogP contribution in [0.2, 0.25) is 0 Å². The van der Waals surface area contributed by atoms with Crippen LogP contribution >= 0.6 is 0 Å². The molecule has 0 unspecified atom stereocenters. The first-order valence-electron chi connectivity index (χ1n) is 5.69. The predicted octanol–water partition coefficient (Wildman–Crippen LogP) is 1.77. The van der Waals surface area contributed by atoms with E-state index in [0.29, 0.717) is 18.2 Å². The van der Waals surface area contributed by atoms with Crippen LogP contribution < -0.4 is 10.0 Å². The van der Waals surface area contributed by atoms with Crippen molar-refractivity contribution in [1.29, 1.82) is 0 Å². The minimum atomic E-state index is -3.25. The highest BCUT2D eigenvalue weighted by Gasteiger charge is 2.10. The monoisotopic (exact) mass is 256 g/mol. The summed E-state index contributed by atoms with van der Waals surface area (Å²) in [6, 6.07) is 7.51. The molecule has 0 heterocycles. The van der Waals surface area contributed by atoms with Crippen molar-refractivity contribution in [2.75, 3.05) is 24.1 Å². The topological polar surface area (TPSA) is 58.2 Å². The Morgan fingerprint density at radius 3 is 2.59 bits per heavy atom. The second-order valence-corrected chi connectivity index (χ2v) is 6.15. The quantitative estimate of drug-likeness (QED) is 0.815. The molecule has 0 aromatic heterocycles. The molecule has 0 spiro atoms. The maximum absolute atomic E-state index is 11.7. The molecule has 0 amide bonds. The van der Waals surface area contributed by atoms with Crippen molar-refractivity contribution < 1.29 is 8.42 Å². The van der Waals surface area contributed by atoms with Gasteiger partial charge in [0.1, 0.15) is 0 Å². The molecule has 2 N–H and O–H groups in total. The Bertz CT molecular complexity index is 455. The Labute approximate surface area is 103 Å². The average Bonchev–Trinajstić information content (AvgIpc) is 2.26. The molecule has 1 rings (SSSR count). The van der Waals surface area contributed by atoms with E-state index in [2.05, 4.69) is 23.9 Å². The fourth-order valence-corrected chi connectivity index (χ4v) is 2.49. The molecule has 1 aromatic rings. The fraction of sp³-hybridized carbons (Fsp3) is 0.500. The Balaban J connectivity index is 2.78. The van der Waals surface area contributed by atoms with E-state index in [0.717, 1.165) is 5.56 Å². The Hall–Kier alpha value is -1.07. The number of sulfonamides is 1. The highest BCUT2D eigenvalue weighted by molar-refractivity contribution is 7.92. The zero-order chi connectivity index (χ0) is 12.9. The third-order valence-electron chi connectivity index (χ3n) is 2.45. The van der Waals surface area contributed by atoms with Crippen molar-refractivity contribution in [2.24, 2.45) is 0 Å². The molecular weight excluding hydrogens is 236 g/mol. The summed E-state index contributed by atoms with van der Waals surface area (Å²) in [5, 5.41) is 2.82. The van der Waals surface area contributed by atoms with Crippen LogP contribution in [0.1, 0.15) is 25.3 Å². The van der Waals surface area contributed by atoms with E-state index < -0.39 is 10.0 Å². The molecule has 0 bridgehead atoms. The standard InChI is InChI=1S/C12H20N2O2S/c1-10(2)11-5-4-6-12(9-11)14-17(15,16)8-7-13-3/h4-6,9-10,13-14H,7-8H2,1-3H3. The Morgan fingerprint density at radius 2 is 2.00 bits per heavy atom. The summed E-state index contributed by atoms with van der Waals surface area (Å²) in [4.78, 5) is 0. The van der Waals surface area contributed by atoms with Crippen LogP contribution in [0.15, 0.2) is 24.3 Å². The van der Waals surface area contributed by atoms with Gasteiger partial charge in [-0.2, -0.15) is 0 Å². The van der Waals surface area contributed by atoms with Crippen molar-refractivity contribution in [3.63, 3.8) is 0 Å². The van der Waals surface area contributed by atoms with E-state index in [1.807, 2.05) is 18.2 Å². The molecule has 17 heavy (non-hydrogen) atoms. The normalized spacial score (nSPS) is 11.8. The molecule has 0 atom stereocenters. The number of hydrogen-bond acceptors (Lipinski definition) is 3. The van der Waals surface area contributed by atoms with Gasteiger partial charge in [-0.25, -0.2) is 8.42 Å². The lowest BCUT2D eigenvalue weighted by atomic mass is 10.0. The smallest absolute Gasteiger partial charge is 0.233 e. The van der Waals surface area contributed by atoms with Gasteiger partial charge in [0, 0.05) is 12.2 Å². The molecule has 0 aliphatic rings. The largest absolute Gasteiger partial charge is 0.319 e. The van der Waals surface area contributed by atoms with Gasteiger partial charge in [0.25, 0.3) is 0 Å². The third kappa shape index (κ3) is 4.75. The van der Waals surface area contributed by atoms with Crippen LogP contribution in [0, 0.1) is 0 Å². The Morgan fingerprint density at radius 1 is 1.29 bits per heavy atom. The van der Waals surface area contributed by atoms with Gasteiger partial charge in [-0.15, -0.1) is 0 Å². The van der Waals surface area contributed by atoms with Gasteiger partial charge in [0.2, 0.25) is 10.0 Å². The van der Waals surface area contributed by atoms with Crippen molar-refractivity contribution in [1.82, 2.24) is 5.32 Å². The number of hydrogen-bond donors (Lipinski definition) is 2. The van der Waals surface area contributed by atoms with Crippen LogP contribution in [-0.4, -0.2) is 27.8 Å². The molecule has 0 aliphatic carbocycles. The van der Waals surface area contributed by atoms with Gasteiger partial charge >= 0.3 is 0 Å². The number of rotatable bonds is 6. The second-order valence-electron chi connectivity index (χ2n) is 4.30. The maximum atomic E-state index is 11.7. The van der Waals surface area contributed by atoms with E-state index in [4.69, 9.17) is 0 Å². The van der Waals surface area contributed by atoms with Crippen molar-refractivity contribution in [3.8, 4) is 0 Å². The van der Waals surface area contributed by atoms with Gasteiger partial charge in [-0.1, -0.05) is 26.0 Å². The maximum Gasteiger partial charge on any atom is 0.233 e. The highest BCUT2D eigenvalue weighted by Crippen LogP contribution is 2.19. The molecule has 0 fully saturated rings. The molecule has 4 nitrogen and oxygen atoms in total. The summed E-state index contributed by atoms with van der Waals surface area (Å²) in [5.41, 5.74) is 1.76. The van der Waals surface area contributed by atoms with Crippen LogP contribution in [0.5, 0.6) is 0 Å². The molecule has 0 saturated heterocycles. The van der Waals surface area contributed by atoms with Gasteiger partial charge in [0.15, 0.2) is 0 Å². The van der Waals surface area contributed by atoms with Crippen molar-refractivity contribution in [3.05, 3.63) is 29.8 Å². The number of benzene rings is 1. The third-order valence-corrected chi connectivity index (χ3v) is 3.74. The van der Waals surface area contributed by atoms with Crippen LogP contribution in [0.4, 0.5) is 5.69 Å². The minimum Gasteiger partial charge on any atom is -0.319 e.